The Morgan fingerprint density at radius 1 is 1.05 bits per heavy atom. The molecule has 4 aromatic rings. The number of hydrogen-bond donors (Lipinski definition) is 2. The van der Waals surface area contributed by atoms with E-state index in [-0.39, 0.29) is 27.3 Å². The van der Waals surface area contributed by atoms with E-state index >= 15 is 0 Å². The topological polar surface area (TPSA) is 163 Å². The number of anilines is 1. The predicted octanol–water partition coefficient (Wildman–Crippen LogP) is 2.90. The number of allylic oxidation sites excluding steroid dienone is 1. The first-order chi connectivity index (χ1) is 20.2. The fourth-order valence-corrected chi connectivity index (χ4v) is 5.79. The summed E-state index contributed by atoms with van der Waals surface area (Å²) in [6.07, 6.45) is 1.67. The van der Waals surface area contributed by atoms with Crippen LogP contribution in [0.1, 0.15) is 17.0 Å². The molecule has 1 aliphatic heterocycles. The molecule has 3 aromatic carbocycles. The Labute approximate surface area is 242 Å². The van der Waals surface area contributed by atoms with Crippen LogP contribution in [0.4, 0.5) is 11.4 Å². The molecule has 2 heterocycles. The Kier molecular flexibility index (Phi) is 7.59. The number of hydrogen-bond acceptors (Lipinski definition) is 9. The smallest absolute Gasteiger partial charge is 0.274 e. The fraction of sp³-hybridized carbons (Fsp3) is 0.100. The summed E-state index contributed by atoms with van der Waals surface area (Å²) in [4.78, 5) is 38.1. The van der Waals surface area contributed by atoms with Crippen LogP contribution in [-0.4, -0.2) is 29.6 Å². The van der Waals surface area contributed by atoms with Gasteiger partial charge in [0.15, 0.2) is 0 Å². The van der Waals surface area contributed by atoms with Gasteiger partial charge in [-0.15, -0.1) is 11.3 Å². The summed E-state index contributed by atoms with van der Waals surface area (Å²) in [5, 5.41) is 24.1. The third-order valence-corrected chi connectivity index (χ3v) is 7.82. The number of nitrogens with one attached hydrogen (secondary N) is 1. The minimum atomic E-state index is -0.911. The average Bonchev–Trinajstić information content (AvgIpc) is 3.32. The number of benzene rings is 3. The van der Waals surface area contributed by atoms with Gasteiger partial charge in [-0.25, -0.2) is 0 Å². The number of non-ortho nitro benzene ring substituents is 1. The second kappa shape index (κ2) is 11.4. The highest BCUT2D eigenvalue weighted by molar-refractivity contribution is 7.07. The van der Waals surface area contributed by atoms with Crippen molar-refractivity contribution in [2.45, 2.75) is 5.92 Å². The zero-order chi connectivity index (χ0) is 30.0. The van der Waals surface area contributed by atoms with Crippen LogP contribution in [0.15, 0.2) is 83.2 Å². The molecule has 0 fully saturated rings. The van der Waals surface area contributed by atoms with Gasteiger partial charge in [0, 0.05) is 17.8 Å². The third kappa shape index (κ3) is 5.12. The standard InChI is InChI=1S/C30H23N5O6S/c1-40-21-11-3-17(4-12-21)15-24-29(37)34-27(32)23(16-31)25(18-5-13-22(41-2)14-6-18)26(30(34)42-24)28(36)33-19-7-9-20(10-8-19)35(38)39/h3-15,25H,32H2,1-2H3,(H,33,36)/b24-15-. The van der Waals surface area contributed by atoms with E-state index in [1.54, 1.807) is 61.7 Å². The van der Waals surface area contributed by atoms with E-state index < -0.39 is 22.3 Å². The molecule has 0 radical (unpaired) electrons. The molecule has 1 aliphatic rings. The molecule has 0 aliphatic carbocycles. The number of carbonyl (C=O) groups excluding carboxylic acids is 1. The number of nitro groups is 1. The van der Waals surface area contributed by atoms with E-state index in [1.165, 1.54) is 35.9 Å². The molecular weight excluding hydrogens is 558 g/mol. The Bertz CT molecular complexity index is 1950. The van der Waals surface area contributed by atoms with Gasteiger partial charge in [-0.1, -0.05) is 24.3 Å². The number of aromatic nitrogens is 1. The lowest BCUT2D eigenvalue weighted by molar-refractivity contribution is -0.384. The zero-order valence-electron chi connectivity index (χ0n) is 22.4. The zero-order valence-corrected chi connectivity index (χ0v) is 23.2. The predicted molar refractivity (Wildman–Crippen MR) is 158 cm³/mol. The number of nitrogens with zero attached hydrogens (tertiary/aromatic N) is 3. The Morgan fingerprint density at radius 3 is 2.19 bits per heavy atom. The minimum absolute atomic E-state index is 0.0254. The third-order valence-electron chi connectivity index (χ3n) is 6.71. The van der Waals surface area contributed by atoms with Crippen molar-refractivity contribution < 1.29 is 19.2 Å². The lowest BCUT2D eigenvalue weighted by Gasteiger charge is -2.25. The van der Waals surface area contributed by atoms with E-state index in [0.29, 0.717) is 27.3 Å². The second-order valence-corrected chi connectivity index (χ2v) is 10.1. The SMILES string of the molecule is COc1ccc(/C=c2\sc3n(c2=O)C(N)=C(C#N)C(c2ccc(OC)cc2)C=3C(=O)Nc2ccc([N+](=O)[O-])cc2)cc1. The molecule has 0 saturated heterocycles. The average molecular weight is 582 g/mol. The van der Waals surface area contributed by atoms with Crippen molar-refractivity contribution in [3.63, 3.8) is 0 Å². The van der Waals surface area contributed by atoms with E-state index in [9.17, 15) is 25.0 Å². The summed E-state index contributed by atoms with van der Waals surface area (Å²) in [6, 6.07) is 21.4. The molecule has 5 rings (SSSR count). The number of nitrogens with two attached hydrogens (primary N) is 1. The maximum Gasteiger partial charge on any atom is 0.274 e. The van der Waals surface area contributed by atoms with Gasteiger partial charge in [-0.3, -0.25) is 24.3 Å². The van der Waals surface area contributed by atoms with Gasteiger partial charge in [-0.2, -0.15) is 5.26 Å². The molecular formula is C30H23N5O6S. The molecule has 1 amide bonds. The van der Waals surface area contributed by atoms with Crippen molar-refractivity contribution in [3.8, 4) is 17.6 Å². The van der Waals surface area contributed by atoms with Gasteiger partial charge in [0.25, 0.3) is 17.2 Å². The fourth-order valence-electron chi connectivity index (χ4n) is 4.61. The quantitative estimate of drug-likeness (QED) is 0.249. The van der Waals surface area contributed by atoms with Crippen LogP contribution in [0, 0.1) is 21.4 Å². The molecule has 1 atom stereocenters. The molecule has 3 N–H and O–H groups in total. The van der Waals surface area contributed by atoms with Crippen LogP contribution in [0.25, 0.3) is 17.5 Å². The highest BCUT2D eigenvalue weighted by Crippen LogP contribution is 2.37. The Balaban J connectivity index is 1.74. The van der Waals surface area contributed by atoms with Crippen molar-refractivity contribution >= 4 is 46.1 Å². The second-order valence-electron chi connectivity index (χ2n) is 9.12. The summed E-state index contributed by atoms with van der Waals surface area (Å²) in [7, 11) is 3.08. The van der Waals surface area contributed by atoms with Crippen LogP contribution in [0.3, 0.4) is 0 Å². The van der Waals surface area contributed by atoms with Gasteiger partial charge in [0.05, 0.1) is 46.8 Å². The van der Waals surface area contributed by atoms with Crippen molar-refractivity contribution in [1.82, 2.24) is 4.57 Å². The summed E-state index contributed by atoms with van der Waals surface area (Å²) in [5.74, 6) is -0.357. The largest absolute Gasteiger partial charge is 0.497 e. The molecule has 1 unspecified atom stereocenters. The molecule has 0 bridgehead atoms. The molecule has 0 saturated carbocycles. The van der Waals surface area contributed by atoms with Gasteiger partial charge >= 0.3 is 0 Å². The summed E-state index contributed by atoms with van der Waals surface area (Å²) in [5.41, 5.74) is 7.58. The number of rotatable bonds is 7. The molecule has 42 heavy (non-hydrogen) atoms. The monoisotopic (exact) mass is 581 g/mol. The van der Waals surface area contributed by atoms with Crippen molar-refractivity contribution in [2.24, 2.45) is 5.73 Å². The van der Waals surface area contributed by atoms with E-state index in [0.717, 1.165) is 16.9 Å². The Morgan fingerprint density at radius 2 is 1.64 bits per heavy atom. The summed E-state index contributed by atoms with van der Waals surface area (Å²) in [6.45, 7) is 0. The number of carbonyl (C=O) groups is 1. The maximum atomic E-state index is 14.0. The maximum absolute atomic E-state index is 14.0. The number of thiazole rings is 1. The lowest BCUT2D eigenvalue weighted by atomic mass is 9.83. The molecule has 210 valence electrons. The Hall–Kier alpha value is -5.67. The molecule has 0 spiro atoms. The first-order valence-electron chi connectivity index (χ1n) is 12.5. The van der Waals surface area contributed by atoms with E-state index in [1.807, 2.05) is 0 Å². The van der Waals surface area contributed by atoms with E-state index in [4.69, 9.17) is 15.2 Å². The normalized spacial score (nSPS) is 14.6. The number of methoxy groups -OCH3 is 2. The van der Waals surface area contributed by atoms with Crippen molar-refractivity contribution in [3.05, 3.63) is 119 Å². The number of ether oxygens (including phenoxy) is 2. The summed E-state index contributed by atoms with van der Waals surface area (Å²) < 4.78 is 12.2. The minimum Gasteiger partial charge on any atom is -0.497 e. The van der Waals surface area contributed by atoms with Gasteiger partial charge < -0.3 is 20.5 Å². The molecule has 1 aromatic heterocycles. The van der Waals surface area contributed by atoms with Crippen LogP contribution < -0.4 is 35.3 Å². The van der Waals surface area contributed by atoms with Crippen LogP contribution in [0.2, 0.25) is 0 Å². The first kappa shape index (κ1) is 27.9. The highest BCUT2D eigenvalue weighted by atomic mass is 32.1. The molecule has 11 nitrogen and oxygen atoms in total. The molecule has 12 heteroatoms. The highest BCUT2D eigenvalue weighted by Gasteiger charge is 2.35. The van der Waals surface area contributed by atoms with Gasteiger partial charge in [-0.05, 0) is 53.6 Å². The van der Waals surface area contributed by atoms with E-state index in [2.05, 4.69) is 11.4 Å². The summed E-state index contributed by atoms with van der Waals surface area (Å²) >= 11 is 1.07. The number of nitriles is 1. The lowest BCUT2D eigenvalue weighted by Crippen LogP contribution is -2.40. The first-order valence-corrected chi connectivity index (χ1v) is 13.3. The van der Waals surface area contributed by atoms with Crippen molar-refractivity contribution in [1.29, 1.82) is 5.26 Å². The number of fused-ring (bicyclic) bond motifs is 1. The van der Waals surface area contributed by atoms with Crippen LogP contribution >= 0.6 is 11.3 Å². The van der Waals surface area contributed by atoms with Crippen LogP contribution in [-0.2, 0) is 4.79 Å². The van der Waals surface area contributed by atoms with Crippen molar-refractivity contribution in [2.75, 3.05) is 19.5 Å². The number of nitro benzene ring substituents is 1. The van der Waals surface area contributed by atoms with Crippen LogP contribution in [0.5, 0.6) is 11.5 Å². The van der Waals surface area contributed by atoms with Gasteiger partial charge in [0.1, 0.15) is 22.0 Å². The number of amides is 1. The van der Waals surface area contributed by atoms with Gasteiger partial charge in [0.2, 0.25) is 0 Å².